The molecule has 1 atom stereocenters. The fraction of sp³-hybridized carbons (Fsp3) is 0.176. The van der Waals surface area contributed by atoms with Gasteiger partial charge >= 0.3 is 6.03 Å². The lowest BCUT2D eigenvalue weighted by Gasteiger charge is -2.15. The van der Waals surface area contributed by atoms with Crippen molar-refractivity contribution in [2.24, 2.45) is 0 Å². The van der Waals surface area contributed by atoms with Gasteiger partial charge in [-0.3, -0.25) is 10.0 Å². The van der Waals surface area contributed by atoms with Gasteiger partial charge in [-0.05, 0) is 30.2 Å². The Kier molecular flexibility index (Phi) is 5.71. The summed E-state index contributed by atoms with van der Waals surface area (Å²) in [5, 5.41) is 14.2. The van der Waals surface area contributed by atoms with Gasteiger partial charge in [-0.15, -0.1) is 0 Å². The molecule has 0 fully saturated rings. The highest BCUT2D eigenvalue weighted by Crippen LogP contribution is 2.13. The summed E-state index contributed by atoms with van der Waals surface area (Å²) in [5.41, 5.74) is 3.80. The van der Waals surface area contributed by atoms with Crippen LogP contribution in [0.25, 0.3) is 0 Å². The van der Waals surface area contributed by atoms with E-state index in [9.17, 15) is 9.59 Å². The summed E-state index contributed by atoms with van der Waals surface area (Å²) in [6.45, 7) is 2.30. The molecule has 23 heavy (non-hydrogen) atoms. The van der Waals surface area contributed by atoms with E-state index < -0.39 is 5.91 Å². The molecule has 6 nitrogen and oxygen atoms in total. The highest BCUT2D eigenvalue weighted by Gasteiger charge is 2.10. The van der Waals surface area contributed by atoms with Gasteiger partial charge in [0.1, 0.15) is 0 Å². The van der Waals surface area contributed by atoms with Crippen LogP contribution in [0.5, 0.6) is 0 Å². The Morgan fingerprint density at radius 3 is 2.30 bits per heavy atom. The molecule has 3 amide bonds. The first kappa shape index (κ1) is 16.5. The van der Waals surface area contributed by atoms with Crippen LogP contribution in [0, 0.1) is 0 Å². The Morgan fingerprint density at radius 1 is 1.04 bits per heavy atom. The molecule has 0 aliphatic carbocycles. The smallest absolute Gasteiger partial charge is 0.315 e. The van der Waals surface area contributed by atoms with Gasteiger partial charge in [0.15, 0.2) is 0 Å². The molecule has 0 unspecified atom stereocenters. The normalized spacial score (nSPS) is 11.4. The number of benzene rings is 2. The lowest BCUT2D eigenvalue weighted by molar-refractivity contribution is 0.0706. The summed E-state index contributed by atoms with van der Waals surface area (Å²) in [5.74, 6) is -0.572. The van der Waals surface area contributed by atoms with E-state index in [2.05, 4.69) is 10.6 Å². The predicted octanol–water partition coefficient (Wildman–Crippen LogP) is 2.37. The molecule has 4 N–H and O–H groups in total. The maximum Gasteiger partial charge on any atom is 0.315 e. The largest absolute Gasteiger partial charge is 0.334 e. The molecule has 0 aliphatic rings. The number of hydrogen-bond donors (Lipinski definition) is 4. The van der Waals surface area contributed by atoms with Crippen LogP contribution in [-0.4, -0.2) is 17.1 Å². The van der Waals surface area contributed by atoms with E-state index in [1.807, 2.05) is 37.3 Å². The zero-order valence-corrected chi connectivity index (χ0v) is 12.7. The maximum atomic E-state index is 11.9. The maximum absolute atomic E-state index is 11.9. The summed E-state index contributed by atoms with van der Waals surface area (Å²) < 4.78 is 0. The van der Waals surface area contributed by atoms with Gasteiger partial charge in [0.25, 0.3) is 5.91 Å². The second-order valence-corrected chi connectivity index (χ2v) is 5.10. The predicted molar refractivity (Wildman–Crippen MR) is 85.9 cm³/mol. The Labute approximate surface area is 134 Å². The third-order valence-corrected chi connectivity index (χ3v) is 3.42. The first-order chi connectivity index (χ1) is 11.1. The van der Waals surface area contributed by atoms with Crippen molar-refractivity contribution in [1.82, 2.24) is 16.1 Å². The average Bonchev–Trinajstić information content (AvgIpc) is 2.60. The van der Waals surface area contributed by atoms with Crippen LogP contribution in [0.1, 0.15) is 34.5 Å². The standard InChI is InChI=1S/C17H19N3O3/c1-12(14-7-9-15(10-8-14)16(21)20-23)19-17(22)18-11-13-5-3-2-4-6-13/h2-10,12,23H,11H2,1H3,(H,20,21)(H2,18,19,22)/t12-/m1/s1. The third-order valence-electron chi connectivity index (χ3n) is 3.42. The van der Waals surface area contributed by atoms with Gasteiger partial charge < -0.3 is 10.6 Å². The monoisotopic (exact) mass is 313 g/mol. The Morgan fingerprint density at radius 2 is 1.70 bits per heavy atom. The number of hydroxylamine groups is 1. The molecule has 0 radical (unpaired) electrons. The van der Waals surface area contributed by atoms with Crippen molar-refractivity contribution in [1.29, 1.82) is 0 Å². The first-order valence-corrected chi connectivity index (χ1v) is 7.23. The van der Waals surface area contributed by atoms with Crippen molar-refractivity contribution < 1.29 is 14.8 Å². The number of carbonyl (C=O) groups excluding carboxylic acids is 2. The quantitative estimate of drug-likeness (QED) is 0.504. The van der Waals surface area contributed by atoms with Gasteiger partial charge in [-0.2, -0.15) is 0 Å². The van der Waals surface area contributed by atoms with E-state index >= 15 is 0 Å². The zero-order chi connectivity index (χ0) is 16.7. The van der Waals surface area contributed by atoms with Gasteiger partial charge in [0.05, 0.1) is 6.04 Å². The zero-order valence-electron chi connectivity index (χ0n) is 12.7. The van der Waals surface area contributed by atoms with Crippen LogP contribution in [0.15, 0.2) is 54.6 Å². The second kappa shape index (κ2) is 7.95. The molecule has 6 heteroatoms. The minimum Gasteiger partial charge on any atom is -0.334 e. The Bertz CT molecular complexity index is 657. The lowest BCUT2D eigenvalue weighted by Crippen LogP contribution is -2.36. The highest BCUT2D eigenvalue weighted by molar-refractivity contribution is 5.93. The number of hydrogen-bond acceptors (Lipinski definition) is 3. The molecule has 0 bridgehead atoms. The van der Waals surface area contributed by atoms with Gasteiger partial charge in [0, 0.05) is 12.1 Å². The molecule has 0 aliphatic heterocycles. The third kappa shape index (κ3) is 4.82. The van der Waals surface area contributed by atoms with Gasteiger partial charge in [-0.1, -0.05) is 42.5 Å². The van der Waals surface area contributed by atoms with Gasteiger partial charge in [-0.25, -0.2) is 10.3 Å². The molecule has 0 saturated carbocycles. The number of urea groups is 1. The van der Waals surface area contributed by atoms with Crippen LogP contribution in [0.3, 0.4) is 0 Å². The number of nitrogens with one attached hydrogen (secondary N) is 3. The first-order valence-electron chi connectivity index (χ1n) is 7.23. The summed E-state index contributed by atoms with van der Waals surface area (Å²) in [7, 11) is 0. The number of amides is 3. The van der Waals surface area contributed by atoms with Crippen LogP contribution in [0.4, 0.5) is 4.79 Å². The van der Waals surface area contributed by atoms with Crippen molar-refractivity contribution in [3.63, 3.8) is 0 Å². The van der Waals surface area contributed by atoms with E-state index in [4.69, 9.17) is 5.21 Å². The molecular formula is C17H19N3O3. The van der Waals surface area contributed by atoms with Crippen LogP contribution < -0.4 is 16.1 Å². The SMILES string of the molecule is C[C@@H](NC(=O)NCc1ccccc1)c1ccc(C(=O)NO)cc1. The second-order valence-electron chi connectivity index (χ2n) is 5.10. The van der Waals surface area contributed by atoms with Crippen molar-refractivity contribution in [3.8, 4) is 0 Å². The van der Waals surface area contributed by atoms with E-state index in [0.717, 1.165) is 11.1 Å². The van der Waals surface area contributed by atoms with Crippen molar-refractivity contribution in [3.05, 3.63) is 71.3 Å². The van der Waals surface area contributed by atoms with Crippen LogP contribution >= 0.6 is 0 Å². The molecule has 0 heterocycles. The number of rotatable bonds is 5. The minimum atomic E-state index is -0.572. The van der Waals surface area contributed by atoms with Crippen molar-refractivity contribution >= 4 is 11.9 Å². The Balaban J connectivity index is 1.87. The van der Waals surface area contributed by atoms with Crippen molar-refractivity contribution in [2.75, 3.05) is 0 Å². The van der Waals surface area contributed by atoms with Crippen LogP contribution in [0.2, 0.25) is 0 Å². The fourth-order valence-electron chi connectivity index (χ4n) is 2.10. The molecule has 2 aromatic rings. The van der Waals surface area contributed by atoms with E-state index in [1.54, 1.807) is 29.7 Å². The molecular weight excluding hydrogens is 294 g/mol. The molecule has 0 saturated heterocycles. The lowest BCUT2D eigenvalue weighted by atomic mass is 10.1. The van der Waals surface area contributed by atoms with Gasteiger partial charge in [0.2, 0.25) is 0 Å². The summed E-state index contributed by atoms with van der Waals surface area (Å²) in [6, 6.07) is 15.8. The average molecular weight is 313 g/mol. The summed E-state index contributed by atoms with van der Waals surface area (Å²) in [4.78, 5) is 23.2. The van der Waals surface area contributed by atoms with E-state index in [-0.39, 0.29) is 12.1 Å². The fourth-order valence-corrected chi connectivity index (χ4v) is 2.10. The Hall–Kier alpha value is -2.86. The summed E-state index contributed by atoms with van der Waals surface area (Å²) >= 11 is 0. The topological polar surface area (TPSA) is 90.5 Å². The molecule has 0 aromatic heterocycles. The minimum absolute atomic E-state index is 0.211. The molecule has 0 spiro atoms. The van der Waals surface area contributed by atoms with E-state index in [1.165, 1.54) is 0 Å². The van der Waals surface area contributed by atoms with Crippen molar-refractivity contribution in [2.45, 2.75) is 19.5 Å². The molecule has 120 valence electrons. The highest BCUT2D eigenvalue weighted by atomic mass is 16.5. The van der Waals surface area contributed by atoms with Crippen LogP contribution in [-0.2, 0) is 6.54 Å². The molecule has 2 aromatic carbocycles. The van der Waals surface area contributed by atoms with E-state index in [0.29, 0.717) is 12.1 Å². The molecule has 2 rings (SSSR count). The summed E-state index contributed by atoms with van der Waals surface area (Å²) in [6.07, 6.45) is 0. The number of carbonyl (C=O) groups is 2.